The van der Waals surface area contributed by atoms with Crippen molar-refractivity contribution in [3.8, 4) is 0 Å². The molecule has 1 aromatic rings. The highest BCUT2D eigenvalue weighted by molar-refractivity contribution is 5.96. The molecule has 0 saturated carbocycles. The van der Waals surface area contributed by atoms with E-state index in [1.165, 1.54) is 6.07 Å². The molecule has 0 aliphatic heterocycles. The maximum Gasteiger partial charge on any atom is 0.164 e. The molecule has 1 aromatic carbocycles. The van der Waals surface area contributed by atoms with Crippen LogP contribution in [0.25, 0.3) is 0 Å². The van der Waals surface area contributed by atoms with Crippen LogP contribution in [0.2, 0.25) is 0 Å². The Balaban J connectivity index is 2.56. The molecule has 0 bridgehead atoms. The van der Waals surface area contributed by atoms with Gasteiger partial charge in [-0.25, -0.2) is 4.39 Å². The Kier molecular flexibility index (Phi) is 6.67. The van der Waals surface area contributed by atoms with Gasteiger partial charge in [0.2, 0.25) is 0 Å². The summed E-state index contributed by atoms with van der Waals surface area (Å²) >= 11 is 0. The van der Waals surface area contributed by atoms with Crippen LogP contribution in [-0.2, 0) is 0 Å². The van der Waals surface area contributed by atoms with Crippen LogP contribution in [0.15, 0.2) is 18.2 Å². The molecule has 0 atom stereocenters. The molecule has 106 valence electrons. The van der Waals surface area contributed by atoms with Crippen LogP contribution < -0.4 is 0 Å². The molecule has 0 spiro atoms. The Morgan fingerprint density at radius 3 is 2.63 bits per heavy atom. The van der Waals surface area contributed by atoms with Crippen LogP contribution in [0.4, 0.5) is 4.39 Å². The Labute approximate surface area is 114 Å². The molecular formula is C15H22FNO2. The van der Waals surface area contributed by atoms with Gasteiger partial charge >= 0.3 is 0 Å². The van der Waals surface area contributed by atoms with Crippen LogP contribution in [0.1, 0.15) is 35.7 Å². The summed E-state index contributed by atoms with van der Waals surface area (Å²) in [6.07, 6.45) is 1.33. The third kappa shape index (κ3) is 5.09. The zero-order chi connectivity index (χ0) is 14.3. The largest absolute Gasteiger partial charge is 0.395 e. The summed E-state index contributed by atoms with van der Waals surface area (Å²) in [7, 11) is 0. The molecule has 0 heterocycles. The summed E-state index contributed by atoms with van der Waals surface area (Å²) in [4.78, 5) is 14.0. The second-order valence-corrected chi connectivity index (χ2v) is 4.70. The first kappa shape index (κ1) is 15.8. The molecule has 1 N–H and O–H groups in total. The minimum atomic E-state index is -0.341. The van der Waals surface area contributed by atoms with Gasteiger partial charge in [0.05, 0.1) is 6.61 Å². The van der Waals surface area contributed by atoms with Crippen molar-refractivity contribution in [2.75, 3.05) is 26.2 Å². The maximum absolute atomic E-state index is 13.4. The molecule has 0 radical (unpaired) electrons. The number of nitrogens with zero attached hydrogens (tertiary/aromatic N) is 1. The number of hydrogen-bond acceptors (Lipinski definition) is 3. The quantitative estimate of drug-likeness (QED) is 0.735. The first-order chi connectivity index (χ1) is 9.08. The van der Waals surface area contributed by atoms with Crippen molar-refractivity contribution in [2.45, 2.75) is 26.7 Å². The number of aliphatic hydroxyl groups excluding tert-OH is 1. The highest BCUT2D eigenvalue weighted by Crippen LogP contribution is 2.11. The number of carbonyl (C=O) groups excluding carboxylic acids is 1. The fourth-order valence-corrected chi connectivity index (χ4v) is 1.96. The first-order valence-electron chi connectivity index (χ1n) is 6.71. The van der Waals surface area contributed by atoms with E-state index >= 15 is 0 Å². The van der Waals surface area contributed by atoms with Gasteiger partial charge in [-0.15, -0.1) is 0 Å². The van der Waals surface area contributed by atoms with Crippen LogP contribution in [0, 0.1) is 12.7 Å². The number of Topliss-reactive ketones (excluding diaryl/α,β-unsaturated/α-hetero) is 1. The summed E-state index contributed by atoms with van der Waals surface area (Å²) in [6.45, 7) is 5.85. The predicted octanol–water partition coefficient (Wildman–Crippen LogP) is 2.41. The number of hydrogen-bond donors (Lipinski definition) is 1. The van der Waals surface area contributed by atoms with Gasteiger partial charge in [-0.3, -0.25) is 4.79 Å². The molecule has 0 saturated heterocycles. The van der Waals surface area contributed by atoms with Crippen LogP contribution in [0.5, 0.6) is 0 Å². The molecule has 0 amide bonds. The lowest BCUT2D eigenvalue weighted by Gasteiger charge is -2.19. The van der Waals surface area contributed by atoms with Crippen molar-refractivity contribution in [1.29, 1.82) is 0 Å². The van der Waals surface area contributed by atoms with Gasteiger partial charge in [0.15, 0.2) is 5.78 Å². The average molecular weight is 267 g/mol. The molecule has 3 nitrogen and oxygen atoms in total. The van der Waals surface area contributed by atoms with Gasteiger partial charge in [-0.05, 0) is 31.5 Å². The van der Waals surface area contributed by atoms with Crippen LogP contribution in [0.3, 0.4) is 0 Å². The number of aryl methyl sites for hydroxylation is 1. The van der Waals surface area contributed by atoms with Gasteiger partial charge in [-0.2, -0.15) is 0 Å². The Hall–Kier alpha value is -1.26. The first-order valence-corrected chi connectivity index (χ1v) is 6.71. The average Bonchev–Trinajstić information content (AvgIpc) is 2.39. The number of ketones is 1. The molecule has 0 fully saturated rings. The molecule has 0 aliphatic rings. The van der Waals surface area contributed by atoms with Gasteiger partial charge < -0.3 is 10.0 Å². The molecule has 0 aliphatic carbocycles. The van der Waals surface area contributed by atoms with E-state index in [1.54, 1.807) is 19.1 Å². The number of carbonyl (C=O) groups is 1. The van der Waals surface area contributed by atoms with Crippen LogP contribution in [-0.4, -0.2) is 42.0 Å². The SMILES string of the molecule is CCCN(CCO)CCC(=O)c1ccc(C)c(F)c1. The van der Waals surface area contributed by atoms with Gasteiger partial charge in [0, 0.05) is 25.1 Å². The molecular weight excluding hydrogens is 245 g/mol. The smallest absolute Gasteiger partial charge is 0.164 e. The summed E-state index contributed by atoms with van der Waals surface area (Å²) in [5.41, 5.74) is 0.966. The predicted molar refractivity (Wildman–Crippen MR) is 73.9 cm³/mol. The number of benzene rings is 1. The van der Waals surface area contributed by atoms with E-state index in [0.717, 1.165) is 13.0 Å². The lowest BCUT2D eigenvalue weighted by molar-refractivity contribution is 0.0956. The molecule has 0 aromatic heterocycles. The summed E-state index contributed by atoms with van der Waals surface area (Å²) in [5, 5.41) is 8.94. The van der Waals surface area contributed by atoms with Crippen molar-refractivity contribution in [2.24, 2.45) is 0 Å². The van der Waals surface area contributed by atoms with Gasteiger partial charge in [0.1, 0.15) is 5.82 Å². The van der Waals surface area contributed by atoms with E-state index < -0.39 is 0 Å². The minimum Gasteiger partial charge on any atom is -0.395 e. The minimum absolute atomic E-state index is 0.0575. The fourth-order valence-electron chi connectivity index (χ4n) is 1.96. The van der Waals surface area contributed by atoms with Crippen molar-refractivity contribution >= 4 is 5.78 Å². The molecule has 4 heteroatoms. The van der Waals surface area contributed by atoms with Crippen molar-refractivity contribution in [3.63, 3.8) is 0 Å². The number of rotatable bonds is 8. The summed E-state index contributed by atoms with van der Waals surface area (Å²) < 4.78 is 13.4. The zero-order valence-corrected chi connectivity index (χ0v) is 11.7. The molecule has 19 heavy (non-hydrogen) atoms. The van der Waals surface area contributed by atoms with E-state index in [9.17, 15) is 9.18 Å². The highest BCUT2D eigenvalue weighted by atomic mass is 19.1. The third-order valence-electron chi connectivity index (χ3n) is 3.10. The number of aliphatic hydroxyl groups is 1. The second kappa shape index (κ2) is 8.02. The lowest BCUT2D eigenvalue weighted by atomic mass is 10.1. The standard InChI is InChI=1S/C15H22FNO2/c1-3-7-17(9-10-18)8-6-15(19)13-5-4-12(2)14(16)11-13/h4-5,11,18H,3,6-10H2,1-2H3. The van der Waals surface area contributed by atoms with Crippen molar-refractivity contribution in [3.05, 3.63) is 35.1 Å². The van der Waals surface area contributed by atoms with E-state index in [2.05, 4.69) is 6.92 Å². The summed E-state index contributed by atoms with van der Waals surface area (Å²) in [6, 6.07) is 4.59. The second-order valence-electron chi connectivity index (χ2n) is 4.70. The Morgan fingerprint density at radius 2 is 2.05 bits per heavy atom. The van der Waals surface area contributed by atoms with Crippen molar-refractivity contribution in [1.82, 2.24) is 4.90 Å². The Bertz CT molecular complexity index is 415. The molecule has 1 rings (SSSR count). The van der Waals surface area contributed by atoms with Crippen molar-refractivity contribution < 1.29 is 14.3 Å². The van der Waals surface area contributed by atoms with E-state index in [-0.39, 0.29) is 18.2 Å². The number of halogens is 1. The summed E-state index contributed by atoms with van der Waals surface area (Å²) in [5.74, 6) is -0.399. The van der Waals surface area contributed by atoms with Gasteiger partial charge in [-0.1, -0.05) is 19.1 Å². The lowest BCUT2D eigenvalue weighted by Crippen LogP contribution is -2.30. The monoisotopic (exact) mass is 267 g/mol. The normalized spacial score (nSPS) is 11.0. The zero-order valence-electron chi connectivity index (χ0n) is 11.7. The fraction of sp³-hybridized carbons (Fsp3) is 0.533. The maximum atomic E-state index is 13.4. The van der Waals surface area contributed by atoms with E-state index in [4.69, 9.17) is 5.11 Å². The topological polar surface area (TPSA) is 40.5 Å². The Morgan fingerprint density at radius 1 is 1.32 bits per heavy atom. The van der Waals surface area contributed by atoms with Gasteiger partial charge in [0.25, 0.3) is 0 Å². The highest BCUT2D eigenvalue weighted by Gasteiger charge is 2.11. The third-order valence-corrected chi connectivity index (χ3v) is 3.10. The van der Waals surface area contributed by atoms with E-state index in [1.807, 2.05) is 4.90 Å². The van der Waals surface area contributed by atoms with Crippen LogP contribution >= 0.6 is 0 Å². The molecule has 0 unspecified atom stereocenters. The van der Waals surface area contributed by atoms with E-state index in [0.29, 0.717) is 30.6 Å².